The second-order valence-corrected chi connectivity index (χ2v) is 8.32. The average molecular weight is 432 g/mol. The van der Waals surface area contributed by atoms with Crippen molar-refractivity contribution in [2.45, 2.75) is 45.3 Å². The van der Waals surface area contributed by atoms with Gasteiger partial charge < -0.3 is 15.4 Å². The first kappa shape index (κ1) is 20.0. The molecule has 2 aliphatic rings. The fourth-order valence-corrected chi connectivity index (χ4v) is 3.53. The lowest BCUT2D eigenvalue weighted by molar-refractivity contribution is -0.124. The number of carbonyl (C=O) groups excluding carboxylic acids is 2. The Balaban J connectivity index is 1.49. The molecule has 5 rings (SSSR count). The van der Waals surface area contributed by atoms with Crippen LogP contribution in [0.15, 0.2) is 42.1 Å². The molecule has 1 saturated heterocycles. The molecule has 0 bridgehead atoms. The van der Waals surface area contributed by atoms with Gasteiger partial charge >= 0.3 is 0 Å². The Labute approximate surface area is 184 Å². The number of amides is 2. The summed E-state index contributed by atoms with van der Waals surface area (Å²) in [5.41, 5.74) is 2.55. The SMILES string of the molecule is CC(C)Oc1ccc(Nc2cc(NC3CC3)n3ncc(C=C4CC(=O)NC4=O)c3n2)cc1. The van der Waals surface area contributed by atoms with Crippen LogP contribution in [0.5, 0.6) is 5.75 Å². The molecule has 1 aliphatic carbocycles. The third kappa shape index (κ3) is 4.27. The molecule has 32 heavy (non-hydrogen) atoms. The summed E-state index contributed by atoms with van der Waals surface area (Å²) in [7, 11) is 0. The van der Waals surface area contributed by atoms with Crippen LogP contribution in [0.1, 0.15) is 38.7 Å². The molecule has 164 valence electrons. The van der Waals surface area contributed by atoms with Gasteiger partial charge in [-0.05, 0) is 57.0 Å². The number of anilines is 3. The van der Waals surface area contributed by atoms with Crippen LogP contribution in [0.4, 0.5) is 17.3 Å². The van der Waals surface area contributed by atoms with Crippen molar-refractivity contribution in [1.82, 2.24) is 19.9 Å². The van der Waals surface area contributed by atoms with Crippen molar-refractivity contribution in [2.75, 3.05) is 10.6 Å². The standard InChI is InChI=1S/C23H24N6O3/c1-13(2)32-18-7-5-16(6-8-18)25-19-11-20(26-17-3-4-17)29-22(27-19)15(12-24-29)9-14-10-21(30)28-23(14)31/h5-9,11-13,17,26H,3-4,10H2,1-2H3,(H,25,27)(H,28,30,31). The molecule has 1 aromatic carbocycles. The predicted molar refractivity (Wildman–Crippen MR) is 121 cm³/mol. The normalized spacial score (nSPS) is 17.3. The van der Waals surface area contributed by atoms with Crippen LogP contribution in [-0.4, -0.2) is 38.6 Å². The van der Waals surface area contributed by atoms with Crippen LogP contribution < -0.4 is 20.7 Å². The largest absolute Gasteiger partial charge is 0.491 e. The van der Waals surface area contributed by atoms with E-state index in [4.69, 9.17) is 9.72 Å². The Bertz CT molecular complexity index is 1220. The minimum absolute atomic E-state index is 0.0616. The Hall–Kier alpha value is -3.88. The molecule has 3 aromatic rings. The van der Waals surface area contributed by atoms with Crippen molar-refractivity contribution in [1.29, 1.82) is 0 Å². The highest BCUT2D eigenvalue weighted by molar-refractivity contribution is 6.15. The molecule has 2 aromatic heterocycles. The van der Waals surface area contributed by atoms with Crippen LogP contribution in [0.2, 0.25) is 0 Å². The van der Waals surface area contributed by atoms with E-state index in [-0.39, 0.29) is 24.3 Å². The summed E-state index contributed by atoms with van der Waals surface area (Å²) in [6.45, 7) is 3.98. The third-order valence-corrected chi connectivity index (χ3v) is 5.15. The maximum absolute atomic E-state index is 12.0. The van der Waals surface area contributed by atoms with Crippen LogP contribution in [0.25, 0.3) is 11.7 Å². The zero-order valence-corrected chi connectivity index (χ0v) is 17.9. The van der Waals surface area contributed by atoms with Gasteiger partial charge in [0.1, 0.15) is 17.4 Å². The maximum Gasteiger partial charge on any atom is 0.254 e. The molecule has 1 aliphatic heterocycles. The Morgan fingerprint density at radius 1 is 1.22 bits per heavy atom. The van der Waals surface area contributed by atoms with Crippen molar-refractivity contribution in [3.05, 3.63) is 47.7 Å². The minimum atomic E-state index is -0.372. The number of benzene rings is 1. The summed E-state index contributed by atoms with van der Waals surface area (Å²) in [4.78, 5) is 28.3. The monoisotopic (exact) mass is 432 g/mol. The van der Waals surface area contributed by atoms with E-state index in [1.807, 2.05) is 44.2 Å². The maximum atomic E-state index is 12.0. The molecule has 0 radical (unpaired) electrons. The van der Waals surface area contributed by atoms with E-state index in [0.29, 0.717) is 28.6 Å². The number of fused-ring (bicyclic) bond motifs is 1. The number of aromatic nitrogens is 3. The zero-order valence-electron chi connectivity index (χ0n) is 17.9. The highest BCUT2D eigenvalue weighted by Crippen LogP contribution is 2.29. The Kier molecular flexibility index (Phi) is 5.01. The fraction of sp³-hybridized carbons (Fsp3) is 0.304. The molecule has 0 spiro atoms. The third-order valence-electron chi connectivity index (χ3n) is 5.15. The van der Waals surface area contributed by atoms with Gasteiger partial charge in [0, 0.05) is 28.9 Å². The van der Waals surface area contributed by atoms with Gasteiger partial charge in [0.2, 0.25) is 5.91 Å². The van der Waals surface area contributed by atoms with E-state index in [2.05, 4.69) is 21.0 Å². The topological polar surface area (TPSA) is 110 Å². The van der Waals surface area contributed by atoms with Gasteiger partial charge in [-0.3, -0.25) is 14.9 Å². The molecule has 9 nitrogen and oxygen atoms in total. The van der Waals surface area contributed by atoms with Crippen LogP contribution >= 0.6 is 0 Å². The average Bonchev–Trinajstić information content (AvgIpc) is 3.38. The van der Waals surface area contributed by atoms with Gasteiger partial charge in [-0.1, -0.05) is 0 Å². The van der Waals surface area contributed by atoms with Crippen molar-refractivity contribution in [3.8, 4) is 5.75 Å². The van der Waals surface area contributed by atoms with E-state index in [1.54, 1.807) is 16.8 Å². The first-order valence-corrected chi connectivity index (χ1v) is 10.7. The van der Waals surface area contributed by atoms with Gasteiger partial charge in [-0.15, -0.1) is 0 Å². The lowest BCUT2D eigenvalue weighted by Gasteiger charge is -2.13. The molecule has 0 atom stereocenters. The molecule has 3 N–H and O–H groups in total. The smallest absolute Gasteiger partial charge is 0.254 e. The molecule has 2 amide bonds. The summed E-state index contributed by atoms with van der Waals surface area (Å²) in [5.74, 6) is 1.60. The molecule has 9 heteroatoms. The van der Waals surface area contributed by atoms with Crippen LogP contribution in [0, 0.1) is 0 Å². The lowest BCUT2D eigenvalue weighted by Crippen LogP contribution is -2.19. The van der Waals surface area contributed by atoms with E-state index in [9.17, 15) is 9.59 Å². The number of nitrogens with zero attached hydrogens (tertiary/aromatic N) is 3. The summed E-state index contributed by atoms with van der Waals surface area (Å²) in [5, 5.41) is 13.6. The molecule has 3 heterocycles. The number of imide groups is 1. The van der Waals surface area contributed by atoms with Crippen molar-refractivity contribution < 1.29 is 14.3 Å². The van der Waals surface area contributed by atoms with E-state index >= 15 is 0 Å². The fourth-order valence-electron chi connectivity index (χ4n) is 3.53. The first-order valence-electron chi connectivity index (χ1n) is 10.7. The van der Waals surface area contributed by atoms with Gasteiger partial charge in [0.05, 0.1) is 18.7 Å². The van der Waals surface area contributed by atoms with Gasteiger partial charge in [-0.25, -0.2) is 4.98 Å². The first-order chi connectivity index (χ1) is 15.4. The van der Waals surface area contributed by atoms with Crippen molar-refractivity contribution in [3.63, 3.8) is 0 Å². The number of ether oxygens (including phenoxy) is 1. The van der Waals surface area contributed by atoms with Gasteiger partial charge in [0.15, 0.2) is 5.65 Å². The van der Waals surface area contributed by atoms with Gasteiger partial charge in [0.25, 0.3) is 5.91 Å². The summed E-state index contributed by atoms with van der Waals surface area (Å²) < 4.78 is 7.43. The van der Waals surface area contributed by atoms with Crippen LogP contribution in [-0.2, 0) is 9.59 Å². The minimum Gasteiger partial charge on any atom is -0.491 e. The quantitative estimate of drug-likeness (QED) is 0.388. The summed E-state index contributed by atoms with van der Waals surface area (Å²) >= 11 is 0. The molecule has 2 fully saturated rings. The second kappa shape index (κ2) is 7.99. The van der Waals surface area contributed by atoms with Crippen molar-refractivity contribution in [2.24, 2.45) is 0 Å². The predicted octanol–water partition coefficient (Wildman–Crippen LogP) is 3.26. The summed E-state index contributed by atoms with van der Waals surface area (Å²) in [6, 6.07) is 10.0. The number of rotatable bonds is 7. The number of hydrogen-bond acceptors (Lipinski definition) is 7. The van der Waals surface area contributed by atoms with E-state index in [1.165, 1.54) is 0 Å². The summed E-state index contributed by atoms with van der Waals surface area (Å²) in [6.07, 6.45) is 5.74. The highest BCUT2D eigenvalue weighted by Gasteiger charge is 2.25. The Morgan fingerprint density at radius 3 is 2.66 bits per heavy atom. The molecule has 0 unspecified atom stereocenters. The van der Waals surface area contributed by atoms with Crippen molar-refractivity contribution >= 4 is 40.9 Å². The van der Waals surface area contributed by atoms with Gasteiger partial charge in [-0.2, -0.15) is 9.61 Å². The number of nitrogens with one attached hydrogen (secondary N) is 3. The second-order valence-electron chi connectivity index (χ2n) is 8.32. The highest BCUT2D eigenvalue weighted by atomic mass is 16.5. The Morgan fingerprint density at radius 2 is 2.00 bits per heavy atom. The molecular formula is C23H24N6O3. The lowest BCUT2D eigenvalue weighted by atomic mass is 10.1. The molecular weight excluding hydrogens is 408 g/mol. The number of hydrogen-bond donors (Lipinski definition) is 3. The van der Waals surface area contributed by atoms with E-state index < -0.39 is 0 Å². The van der Waals surface area contributed by atoms with Crippen LogP contribution in [0.3, 0.4) is 0 Å². The van der Waals surface area contributed by atoms with E-state index in [0.717, 1.165) is 30.1 Å². The zero-order chi connectivity index (χ0) is 22.2. The number of carbonyl (C=O) groups is 2. The molecule has 1 saturated carbocycles.